The van der Waals surface area contributed by atoms with Crippen molar-refractivity contribution < 1.29 is 14.4 Å². The van der Waals surface area contributed by atoms with E-state index in [0.717, 1.165) is 37.7 Å². The smallest absolute Gasteiger partial charge is 0.290 e. The largest absolute Gasteiger partial charge is 0.345 e. The van der Waals surface area contributed by atoms with E-state index in [4.69, 9.17) is 0 Å². The number of carbonyl (C=O) groups excluding carboxylic acids is 3. The van der Waals surface area contributed by atoms with Crippen molar-refractivity contribution >= 4 is 18.1 Å². The molecule has 0 bridgehead atoms. The Labute approximate surface area is 170 Å². The van der Waals surface area contributed by atoms with E-state index < -0.39 is 12.1 Å². The maximum Gasteiger partial charge on any atom is 0.290 e. The summed E-state index contributed by atoms with van der Waals surface area (Å²) in [5.41, 5.74) is 2.20. The van der Waals surface area contributed by atoms with Crippen LogP contribution in [0.15, 0.2) is 36.5 Å². The summed E-state index contributed by atoms with van der Waals surface area (Å²) in [4.78, 5) is 45.3. The molecule has 1 aliphatic heterocycles. The molecule has 0 radical (unpaired) electrons. The quantitative estimate of drug-likeness (QED) is 0.636. The number of nitrogens with one attached hydrogen (secondary N) is 2. The van der Waals surface area contributed by atoms with Crippen molar-refractivity contribution in [3.05, 3.63) is 53.6 Å². The molecular weight excluding hydrogens is 368 g/mol. The number of likely N-dealkylation sites (tertiary alicyclic amines) is 1. The van der Waals surface area contributed by atoms with Crippen molar-refractivity contribution in [2.75, 3.05) is 6.54 Å². The SMILES string of the molecule is CCC(C=O)NC(=O)[C@@H]1CCCN1C(=O)c1ncc(CCCc2ccccc2)[nH]1. The number of H-pyrrole nitrogens is 1. The number of nitrogens with zero attached hydrogens (tertiary/aromatic N) is 2. The molecule has 0 spiro atoms. The van der Waals surface area contributed by atoms with Gasteiger partial charge in [0, 0.05) is 18.4 Å². The van der Waals surface area contributed by atoms with Gasteiger partial charge in [0.05, 0.1) is 6.04 Å². The van der Waals surface area contributed by atoms with Crippen LogP contribution in [0.25, 0.3) is 0 Å². The molecule has 1 unspecified atom stereocenters. The zero-order valence-corrected chi connectivity index (χ0v) is 16.8. The molecule has 1 aromatic carbocycles. The van der Waals surface area contributed by atoms with Gasteiger partial charge in [-0.3, -0.25) is 9.59 Å². The van der Waals surface area contributed by atoms with Crippen molar-refractivity contribution in [2.24, 2.45) is 0 Å². The van der Waals surface area contributed by atoms with Crippen LogP contribution in [0.1, 0.15) is 54.5 Å². The molecule has 0 saturated carbocycles. The van der Waals surface area contributed by atoms with Crippen LogP contribution < -0.4 is 5.32 Å². The van der Waals surface area contributed by atoms with Crippen LogP contribution in [0.3, 0.4) is 0 Å². The highest BCUT2D eigenvalue weighted by molar-refractivity contribution is 5.95. The number of carbonyl (C=O) groups is 3. The summed E-state index contributed by atoms with van der Waals surface area (Å²) in [6, 6.07) is 9.21. The molecule has 1 aliphatic rings. The summed E-state index contributed by atoms with van der Waals surface area (Å²) in [7, 11) is 0. The lowest BCUT2D eigenvalue weighted by Crippen LogP contribution is -2.49. The molecule has 7 heteroatoms. The number of imidazole rings is 1. The van der Waals surface area contributed by atoms with E-state index in [0.29, 0.717) is 19.4 Å². The number of aldehydes is 1. The standard InChI is InChI=1S/C22H28N4O3/c1-2-17(15-27)25-21(28)19-12-7-13-26(19)22(29)20-23-14-18(24-20)11-6-10-16-8-4-3-5-9-16/h3-5,8-9,14-15,17,19H,2,6-7,10-13H2,1H3,(H,23,24)(H,25,28)/t17?,19-/m0/s1. The summed E-state index contributed by atoms with van der Waals surface area (Å²) >= 11 is 0. The van der Waals surface area contributed by atoms with Gasteiger partial charge in [-0.15, -0.1) is 0 Å². The molecule has 2 N–H and O–H groups in total. The number of amides is 2. The first-order chi connectivity index (χ1) is 14.1. The predicted molar refractivity (Wildman–Crippen MR) is 109 cm³/mol. The van der Waals surface area contributed by atoms with Crippen LogP contribution in [0, 0.1) is 0 Å². The summed E-state index contributed by atoms with van der Waals surface area (Å²) in [5, 5.41) is 2.71. The fourth-order valence-corrected chi connectivity index (χ4v) is 3.65. The van der Waals surface area contributed by atoms with E-state index in [1.54, 1.807) is 11.1 Å². The first-order valence-corrected chi connectivity index (χ1v) is 10.3. The lowest BCUT2D eigenvalue weighted by molar-refractivity contribution is -0.127. The minimum atomic E-state index is -0.553. The highest BCUT2D eigenvalue weighted by atomic mass is 16.2. The zero-order valence-electron chi connectivity index (χ0n) is 16.8. The zero-order chi connectivity index (χ0) is 20.6. The molecule has 7 nitrogen and oxygen atoms in total. The molecule has 0 aliphatic carbocycles. The van der Waals surface area contributed by atoms with E-state index in [1.807, 2.05) is 25.1 Å². The maximum absolute atomic E-state index is 12.9. The van der Waals surface area contributed by atoms with Gasteiger partial charge in [0.15, 0.2) is 5.82 Å². The summed E-state index contributed by atoms with van der Waals surface area (Å²) in [6.07, 6.45) is 7.03. The van der Waals surface area contributed by atoms with Crippen LogP contribution in [0.4, 0.5) is 0 Å². The third-order valence-corrected chi connectivity index (χ3v) is 5.33. The number of hydrogen-bond acceptors (Lipinski definition) is 4. The molecule has 2 heterocycles. The molecule has 29 heavy (non-hydrogen) atoms. The van der Waals surface area contributed by atoms with Gasteiger partial charge < -0.3 is 20.0 Å². The fourth-order valence-electron chi connectivity index (χ4n) is 3.65. The van der Waals surface area contributed by atoms with Gasteiger partial charge in [-0.2, -0.15) is 0 Å². The average Bonchev–Trinajstić information content (AvgIpc) is 3.42. The summed E-state index contributed by atoms with van der Waals surface area (Å²) in [6.45, 7) is 2.35. The second-order valence-corrected chi connectivity index (χ2v) is 7.41. The Hall–Kier alpha value is -2.96. The number of hydrogen-bond donors (Lipinski definition) is 2. The van der Waals surface area contributed by atoms with E-state index in [1.165, 1.54) is 5.56 Å². The minimum Gasteiger partial charge on any atom is -0.345 e. The number of aromatic amines is 1. The first-order valence-electron chi connectivity index (χ1n) is 10.3. The van der Waals surface area contributed by atoms with Crippen LogP contribution in [0.5, 0.6) is 0 Å². The molecule has 1 saturated heterocycles. The van der Waals surface area contributed by atoms with Crippen LogP contribution in [0.2, 0.25) is 0 Å². The van der Waals surface area contributed by atoms with E-state index in [9.17, 15) is 14.4 Å². The number of aromatic nitrogens is 2. The van der Waals surface area contributed by atoms with Gasteiger partial charge in [0.25, 0.3) is 5.91 Å². The van der Waals surface area contributed by atoms with Crippen LogP contribution in [-0.2, 0) is 22.4 Å². The average molecular weight is 396 g/mol. The Bertz CT molecular complexity index is 834. The van der Waals surface area contributed by atoms with Crippen LogP contribution >= 0.6 is 0 Å². The highest BCUT2D eigenvalue weighted by Gasteiger charge is 2.36. The van der Waals surface area contributed by atoms with Crippen molar-refractivity contribution in [1.29, 1.82) is 0 Å². The normalized spacial score (nSPS) is 17.1. The molecule has 2 amide bonds. The minimum absolute atomic E-state index is 0.266. The second-order valence-electron chi connectivity index (χ2n) is 7.41. The van der Waals surface area contributed by atoms with Crippen molar-refractivity contribution in [3.63, 3.8) is 0 Å². The first kappa shape index (κ1) is 20.8. The molecule has 2 aromatic rings. The van der Waals surface area contributed by atoms with Gasteiger partial charge >= 0.3 is 0 Å². The van der Waals surface area contributed by atoms with Gasteiger partial charge in [-0.05, 0) is 44.1 Å². The molecule has 3 rings (SSSR count). The Balaban J connectivity index is 1.56. The molecule has 1 fully saturated rings. The Morgan fingerprint density at radius 3 is 2.83 bits per heavy atom. The lowest BCUT2D eigenvalue weighted by atomic mass is 10.1. The molecule has 154 valence electrons. The topological polar surface area (TPSA) is 95.2 Å². The number of benzene rings is 1. The Kier molecular flexibility index (Phi) is 7.16. The van der Waals surface area contributed by atoms with Crippen LogP contribution in [-0.4, -0.2) is 51.6 Å². The third-order valence-electron chi connectivity index (χ3n) is 5.33. The van der Waals surface area contributed by atoms with Crippen molar-refractivity contribution in [1.82, 2.24) is 20.2 Å². The number of rotatable bonds is 9. The fraction of sp³-hybridized carbons (Fsp3) is 0.455. The third kappa shape index (κ3) is 5.31. The van der Waals surface area contributed by atoms with E-state index in [2.05, 4.69) is 27.4 Å². The van der Waals surface area contributed by atoms with Crippen molar-refractivity contribution in [2.45, 2.75) is 57.5 Å². The van der Waals surface area contributed by atoms with Gasteiger partial charge in [-0.1, -0.05) is 37.3 Å². The Morgan fingerprint density at radius 2 is 2.10 bits per heavy atom. The van der Waals surface area contributed by atoms with Crippen molar-refractivity contribution in [3.8, 4) is 0 Å². The second kappa shape index (κ2) is 10.0. The molecule has 1 aromatic heterocycles. The summed E-state index contributed by atoms with van der Waals surface area (Å²) < 4.78 is 0. The molecular formula is C22H28N4O3. The number of aryl methyl sites for hydroxylation is 2. The van der Waals surface area contributed by atoms with E-state index >= 15 is 0 Å². The van der Waals surface area contributed by atoms with Gasteiger partial charge in [-0.25, -0.2) is 4.98 Å². The van der Waals surface area contributed by atoms with Gasteiger partial charge in [0.2, 0.25) is 5.91 Å². The van der Waals surface area contributed by atoms with E-state index in [-0.39, 0.29) is 17.6 Å². The maximum atomic E-state index is 12.9. The highest BCUT2D eigenvalue weighted by Crippen LogP contribution is 2.20. The summed E-state index contributed by atoms with van der Waals surface area (Å²) in [5.74, 6) is -0.276. The Morgan fingerprint density at radius 1 is 1.31 bits per heavy atom. The predicted octanol–water partition coefficient (Wildman–Crippen LogP) is 2.28. The lowest BCUT2D eigenvalue weighted by Gasteiger charge is -2.24. The van der Waals surface area contributed by atoms with Gasteiger partial charge in [0.1, 0.15) is 12.3 Å². The molecule has 2 atom stereocenters. The monoisotopic (exact) mass is 396 g/mol.